The van der Waals surface area contributed by atoms with E-state index in [2.05, 4.69) is 5.10 Å². The molecule has 31 heavy (non-hydrogen) atoms. The highest BCUT2D eigenvalue weighted by Crippen LogP contribution is 2.58. The topological polar surface area (TPSA) is 102 Å². The zero-order valence-electron chi connectivity index (χ0n) is 17.5. The molecule has 0 bridgehead atoms. The minimum atomic E-state index is -1.34. The summed E-state index contributed by atoms with van der Waals surface area (Å²) in [5, 5.41) is 25.9. The minimum absolute atomic E-state index is 0.0252. The van der Waals surface area contributed by atoms with E-state index in [1.807, 2.05) is 30.3 Å². The summed E-state index contributed by atoms with van der Waals surface area (Å²) in [5.41, 5.74) is 1.28. The number of carbonyl (C=O) groups is 2. The standard InChI is InChI=1S/C24H20N2O5/c1-11-20(28)18(13(3)27)22-19(21(11)29)24(4)16(31-22)10-15-17(23(24)30)12(2)25-26(15)14-8-6-5-7-9-14/h5-10,28-29H,1-4H3/t24-/m0/s1. The number of aryl methyl sites for hydroxylation is 1. The van der Waals surface area contributed by atoms with Crippen molar-refractivity contribution in [2.45, 2.75) is 33.1 Å². The quantitative estimate of drug-likeness (QED) is 0.613. The lowest BCUT2D eigenvalue weighted by molar-refractivity contribution is 0.0905. The number of carbonyl (C=O) groups excluding carboxylic acids is 2. The fourth-order valence-electron chi connectivity index (χ4n) is 4.55. The Labute approximate surface area is 178 Å². The van der Waals surface area contributed by atoms with E-state index in [9.17, 15) is 19.8 Å². The number of aromatic hydroxyl groups is 2. The van der Waals surface area contributed by atoms with Gasteiger partial charge in [0.2, 0.25) is 0 Å². The van der Waals surface area contributed by atoms with Gasteiger partial charge >= 0.3 is 0 Å². The summed E-state index contributed by atoms with van der Waals surface area (Å²) in [4.78, 5) is 26.1. The molecule has 1 aliphatic carbocycles. The van der Waals surface area contributed by atoms with Crippen LogP contribution in [0.15, 0.2) is 36.1 Å². The van der Waals surface area contributed by atoms with E-state index >= 15 is 0 Å². The zero-order valence-corrected chi connectivity index (χ0v) is 17.5. The lowest BCUT2D eigenvalue weighted by Gasteiger charge is -2.27. The summed E-state index contributed by atoms with van der Waals surface area (Å²) in [6, 6.07) is 9.42. The van der Waals surface area contributed by atoms with Crippen molar-refractivity contribution >= 4 is 17.6 Å². The van der Waals surface area contributed by atoms with E-state index in [1.54, 1.807) is 24.6 Å². The van der Waals surface area contributed by atoms with Crippen molar-refractivity contribution in [1.29, 1.82) is 0 Å². The number of phenolic OH excluding ortho intramolecular Hbond substituents is 2. The summed E-state index contributed by atoms with van der Waals surface area (Å²) in [5.74, 6) is -1.00. The Balaban J connectivity index is 1.82. The molecule has 0 spiro atoms. The highest BCUT2D eigenvalue weighted by molar-refractivity contribution is 6.14. The molecule has 2 aliphatic rings. The van der Waals surface area contributed by atoms with E-state index in [0.717, 1.165) is 5.69 Å². The Bertz CT molecular complexity index is 1350. The zero-order chi connectivity index (χ0) is 22.2. The maximum atomic E-state index is 13.8. The number of hydrogen-bond donors (Lipinski definition) is 2. The molecule has 5 rings (SSSR count). The third kappa shape index (κ3) is 2.26. The number of hydrogen-bond acceptors (Lipinski definition) is 6. The van der Waals surface area contributed by atoms with Crippen LogP contribution in [-0.2, 0) is 5.41 Å². The Kier molecular flexibility index (Phi) is 3.74. The molecule has 7 heteroatoms. The number of allylic oxidation sites excluding steroid dienone is 1. The molecule has 0 saturated heterocycles. The van der Waals surface area contributed by atoms with Gasteiger partial charge in [-0.15, -0.1) is 0 Å². The first-order valence-electron chi connectivity index (χ1n) is 9.87. The van der Waals surface area contributed by atoms with Gasteiger partial charge in [-0.2, -0.15) is 5.10 Å². The number of ketones is 2. The molecular weight excluding hydrogens is 396 g/mol. The average molecular weight is 416 g/mol. The Morgan fingerprint density at radius 1 is 1.13 bits per heavy atom. The minimum Gasteiger partial charge on any atom is -0.507 e. The smallest absolute Gasteiger partial charge is 0.185 e. The largest absolute Gasteiger partial charge is 0.507 e. The van der Waals surface area contributed by atoms with Gasteiger partial charge in [-0.3, -0.25) is 9.59 Å². The summed E-state index contributed by atoms with van der Waals surface area (Å²) in [7, 11) is 0. The summed E-state index contributed by atoms with van der Waals surface area (Å²) in [6.07, 6.45) is 1.72. The van der Waals surface area contributed by atoms with Crippen molar-refractivity contribution < 1.29 is 24.5 Å². The molecule has 0 unspecified atom stereocenters. The SMILES string of the molecule is CC(=O)c1c(O)c(C)c(O)c2c1OC1=Cc3c(c(C)nn3-c3ccccc3)C(=O)[C@@]12C. The van der Waals surface area contributed by atoms with Gasteiger partial charge in [-0.1, -0.05) is 18.2 Å². The molecular formula is C24H20N2O5. The van der Waals surface area contributed by atoms with Gasteiger partial charge in [0.05, 0.1) is 28.2 Å². The highest BCUT2D eigenvalue weighted by Gasteiger charge is 2.55. The number of para-hydroxylation sites is 1. The molecule has 0 saturated carbocycles. The van der Waals surface area contributed by atoms with E-state index in [1.165, 1.54) is 13.8 Å². The van der Waals surface area contributed by atoms with Gasteiger partial charge in [-0.05, 0) is 39.8 Å². The van der Waals surface area contributed by atoms with Gasteiger partial charge in [0, 0.05) is 11.6 Å². The van der Waals surface area contributed by atoms with Gasteiger partial charge < -0.3 is 14.9 Å². The number of rotatable bonds is 2. The van der Waals surface area contributed by atoms with Crippen LogP contribution in [-0.4, -0.2) is 31.6 Å². The van der Waals surface area contributed by atoms with E-state index in [0.29, 0.717) is 17.0 Å². The van der Waals surface area contributed by atoms with Crippen LogP contribution >= 0.6 is 0 Å². The van der Waals surface area contributed by atoms with Crippen LogP contribution in [0.1, 0.15) is 57.1 Å². The van der Waals surface area contributed by atoms with Crippen molar-refractivity contribution in [3.63, 3.8) is 0 Å². The first-order chi connectivity index (χ1) is 14.7. The fraction of sp³-hybridized carbons (Fsp3) is 0.208. The molecule has 2 N–H and O–H groups in total. The van der Waals surface area contributed by atoms with Gasteiger partial charge in [0.1, 0.15) is 34.0 Å². The third-order valence-corrected chi connectivity index (χ3v) is 6.24. The molecule has 1 aromatic heterocycles. The Hall–Kier alpha value is -3.87. The van der Waals surface area contributed by atoms with Crippen LogP contribution < -0.4 is 4.74 Å². The molecule has 0 radical (unpaired) electrons. The summed E-state index contributed by atoms with van der Waals surface area (Å²) < 4.78 is 7.69. The maximum Gasteiger partial charge on any atom is 0.185 e. The van der Waals surface area contributed by atoms with Crippen molar-refractivity contribution in [1.82, 2.24) is 9.78 Å². The van der Waals surface area contributed by atoms with Crippen molar-refractivity contribution in [2.75, 3.05) is 0 Å². The van der Waals surface area contributed by atoms with Crippen LogP contribution in [0.3, 0.4) is 0 Å². The van der Waals surface area contributed by atoms with E-state index in [4.69, 9.17) is 4.74 Å². The first-order valence-corrected chi connectivity index (χ1v) is 9.87. The normalized spacial score (nSPS) is 18.7. The molecule has 3 aromatic rings. The lowest BCUT2D eigenvalue weighted by Crippen LogP contribution is -2.36. The monoisotopic (exact) mass is 416 g/mol. The second kappa shape index (κ2) is 6.07. The number of aromatic nitrogens is 2. The number of fused-ring (bicyclic) bond motifs is 4. The predicted molar refractivity (Wildman–Crippen MR) is 113 cm³/mol. The molecule has 2 aromatic carbocycles. The number of ether oxygens (including phenoxy) is 1. The van der Waals surface area contributed by atoms with Crippen LogP contribution in [0.2, 0.25) is 0 Å². The van der Waals surface area contributed by atoms with Crippen LogP contribution in [0, 0.1) is 13.8 Å². The molecule has 7 nitrogen and oxygen atoms in total. The Morgan fingerprint density at radius 3 is 2.45 bits per heavy atom. The third-order valence-electron chi connectivity index (χ3n) is 6.24. The van der Waals surface area contributed by atoms with Crippen LogP contribution in [0.25, 0.3) is 11.8 Å². The summed E-state index contributed by atoms with van der Waals surface area (Å²) >= 11 is 0. The number of Topliss-reactive ketones (excluding diaryl/α,β-unsaturated/α-hetero) is 2. The molecule has 2 heterocycles. The van der Waals surface area contributed by atoms with Crippen LogP contribution in [0.4, 0.5) is 0 Å². The van der Waals surface area contributed by atoms with E-state index in [-0.39, 0.29) is 45.5 Å². The van der Waals surface area contributed by atoms with Crippen molar-refractivity contribution in [3.05, 3.63) is 69.7 Å². The predicted octanol–water partition coefficient (Wildman–Crippen LogP) is 3.99. The van der Waals surface area contributed by atoms with Gasteiger partial charge in [-0.25, -0.2) is 4.68 Å². The van der Waals surface area contributed by atoms with Gasteiger partial charge in [0.15, 0.2) is 11.6 Å². The van der Waals surface area contributed by atoms with Crippen molar-refractivity contribution in [3.8, 4) is 22.9 Å². The molecule has 0 amide bonds. The maximum absolute atomic E-state index is 13.8. The summed E-state index contributed by atoms with van der Waals surface area (Å²) in [6.45, 7) is 6.23. The average Bonchev–Trinajstić information content (AvgIpc) is 3.22. The molecule has 0 fully saturated rings. The Morgan fingerprint density at radius 2 is 1.81 bits per heavy atom. The van der Waals surface area contributed by atoms with Crippen LogP contribution in [0.5, 0.6) is 17.2 Å². The van der Waals surface area contributed by atoms with Crippen molar-refractivity contribution in [2.24, 2.45) is 0 Å². The first kappa shape index (κ1) is 19.1. The number of nitrogens with zero attached hydrogens (tertiary/aromatic N) is 2. The highest BCUT2D eigenvalue weighted by atomic mass is 16.5. The number of benzene rings is 2. The molecule has 156 valence electrons. The number of phenols is 2. The second-order valence-electron chi connectivity index (χ2n) is 8.12. The lowest BCUT2D eigenvalue weighted by atomic mass is 9.71. The molecule has 1 aliphatic heterocycles. The fourth-order valence-corrected chi connectivity index (χ4v) is 4.55. The second-order valence-corrected chi connectivity index (χ2v) is 8.12. The van der Waals surface area contributed by atoms with Gasteiger partial charge in [0.25, 0.3) is 0 Å². The van der Waals surface area contributed by atoms with E-state index < -0.39 is 11.2 Å². The molecule has 1 atom stereocenters.